The zero-order valence-corrected chi connectivity index (χ0v) is 12.6. The Morgan fingerprint density at radius 1 is 1.33 bits per heavy atom. The van der Waals surface area contributed by atoms with Crippen LogP contribution >= 0.6 is 0 Å². The van der Waals surface area contributed by atoms with Crippen LogP contribution in [0, 0.1) is 0 Å². The van der Waals surface area contributed by atoms with Crippen molar-refractivity contribution in [3.8, 4) is 5.75 Å². The van der Waals surface area contributed by atoms with Gasteiger partial charge in [0.2, 0.25) is 5.91 Å². The molecule has 2 aromatic rings. The number of nitrogens with one attached hydrogen (secondary N) is 1. The van der Waals surface area contributed by atoms with Gasteiger partial charge in [0.15, 0.2) is 0 Å². The van der Waals surface area contributed by atoms with E-state index in [-0.39, 0.29) is 12.5 Å². The van der Waals surface area contributed by atoms with Crippen LogP contribution in [0.5, 0.6) is 5.75 Å². The Bertz CT molecular complexity index is 654. The van der Waals surface area contributed by atoms with Gasteiger partial charge in [-0.2, -0.15) is 0 Å². The van der Waals surface area contributed by atoms with Gasteiger partial charge in [0.1, 0.15) is 5.75 Å². The highest BCUT2D eigenvalue weighted by Crippen LogP contribution is 2.32. The Morgan fingerprint density at radius 3 is 2.71 bits per heavy atom. The molecule has 0 radical (unpaired) electrons. The van der Waals surface area contributed by atoms with E-state index in [0.29, 0.717) is 6.54 Å². The summed E-state index contributed by atoms with van der Waals surface area (Å²) in [7, 11) is 1.63. The fraction of sp³-hybridized carbons (Fsp3) is 0.353. The smallest absolute Gasteiger partial charge is 0.216 e. The number of amides is 1. The van der Waals surface area contributed by atoms with Gasteiger partial charge < -0.3 is 15.2 Å². The minimum absolute atomic E-state index is 0.0520. The number of aliphatic hydroxyl groups excluding tert-OH is 1. The highest BCUT2D eigenvalue weighted by atomic mass is 16.5. The molecule has 0 bridgehead atoms. The molecule has 1 atom stereocenters. The third-order valence-electron chi connectivity index (χ3n) is 3.82. The van der Waals surface area contributed by atoms with Crippen LogP contribution in [0.4, 0.5) is 0 Å². The molecule has 2 aromatic carbocycles. The van der Waals surface area contributed by atoms with Gasteiger partial charge >= 0.3 is 0 Å². The Morgan fingerprint density at radius 2 is 2.10 bits per heavy atom. The Kier molecular flexibility index (Phi) is 4.48. The molecule has 21 heavy (non-hydrogen) atoms. The van der Waals surface area contributed by atoms with E-state index in [1.54, 1.807) is 7.11 Å². The summed E-state index contributed by atoms with van der Waals surface area (Å²) in [5.74, 6) is 0.669. The third-order valence-corrected chi connectivity index (χ3v) is 3.82. The Labute approximate surface area is 124 Å². The third kappa shape index (κ3) is 3.16. The monoisotopic (exact) mass is 287 g/mol. The zero-order chi connectivity index (χ0) is 15.5. The molecule has 0 aliphatic heterocycles. The van der Waals surface area contributed by atoms with Crippen molar-refractivity contribution in [3.63, 3.8) is 0 Å². The van der Waals surface area contributed by atoms with Crippen LogP contribution < -0.4 is 10.1 Å². The number of carbonyl (C=O) groups is 1. The van der Waals surface area contributed by atoms with E-state index in [9.17, 15) is 9.90 Å². The van der Waals surface area contributed by atoms with Gasteiger partial charge in [0, 0.05) is 18.9 Å². The summed E-state index contributed by atoms with van der Waals surface area (Å²) < 4.78 is 5.29. The van der Waals surface area contributed by atoms with Crippen molar-refractivity contribution < 1.29 is 14.6 Å². The second-order valence-electron chi connectivity index (χ2n) is 5.52. The maximum atomic E-state index is 11.2. The maximum absolute atomic E-state index is 11.2. The number of rotatable bonds is 5. The topological polar surface area (TPSA) is 58.6 Å². The lowest BCUT2D eigenvalue weighted by Crippen LogP contribution is -2.40. The lowest BCUT2D eigenvalue weighted by Gasteiger charge is -2.29. The van der Waals surface area contributed by atoms with Crippen molar-refractivity contribution in [1.82, 2.24) is 5.32 Å². The summed E-state index contributed by atoms with van der Waals surface area (Å²) in [5.41, 5.74) is 0.451. The molecular weight excluding hydrogens is 266 g/mol. The standard InChI is InChI=1S/C17H21NO3/c1-12(20)18-10-17(2,11-19)16-6-4-5-13-7-8-14(21-3)9-15(13)16/h4-9,19H,10-11H2,1-3H3,(H,18,20). The van der Waals surface area contributed by atoms with Crippen molar-refractivity contribution in [2.75, 3.05) is 20.3 Å². The first kappa shape index (κ1) is 15.3. The van der Waals surface area contributed by atoms with E-state index in [1.165, 1.54) is 6.92 Å². The normalized spacial score (nSPS) is 13.7. The second kappa shape index (κ2) is 6.14. The molecule has 4 heteroatoms. The van der Waals surface area contributed by atoms with Crippen molar-refractivity contribution in [2.45, 2.75) is 19.3 Å². The van der Waals surface area contributed by atoms with Crippen molar-refractivity contribution >= 4 is 16.7 Å². The predicted octanol–water partition coefficient (Wildman–Crippen LogP) is 2.23. The fourth-order valence-electron chi connectivity index (χ4n) is 2.46. The van der Waals surface area contributed by atoms with Crippen molar-refractivity contribution in [1.29, 1.82) is 0 Å². The molecule has 0 saturated heterocycles. The summed E-state index contributed by atoms with van der Waals surface area (Å²) in [6, 6.07) is 11.8. The molecular formula is C17H21NO3. The minimum Gasteiger partial charge on any atom is -0.497 e. The van der Waals surface area contributed by atoms with Crippen molar-refractivity contribution in [3.05, 3.63) is 42.0 Å². The number of hydrogen-bond donors (Lipinski definition) is 2. The zero-order valence-electron chi connectivity index (χ0n) is 12.6. The van der Waals surface area contributed by atoms with Crippen LogP contribution in [0.1, 0.15) is 19.4 Å². The molecule has 2 N–H and O–H groups in total. The highest BCUT2D eigenvalue weighted by Gasteiger charge is 2.28. The lowest BCUT2D eigenvalue weighted by atomic mass is 9.80. The largest absolute Gasteiger partial charge is 0.497 e. The molecule has 0 aliphatic carbocycles. The maximum Gasteiger partial charge on any atom is 0.216 e. The van der Waals surface area contributed by atoms with E-state index in [4.69, 9.17) is 4.74 Å². The number of aliphatic hydroxyl groups is 1. The van der Waals surface area contributed by atoms with Crippen molar-refractivity contribution in [2.24, 2.45) is 0 Å². The molecule has 112 valence electrons. The van der Waals surface area contributed by atoms with Gasteiger partial charge in [0.25, 0.3) is 0 Å². The van der Waals surface area contributed by atoms with E-state index >= 15 is 0 Å². The molecule has 1 amide bonds. The van der Waals surface area contributed by atoms with Crippen LogP contribution in [-0.2, 0) is 10.2 Å². The number of carbonyl (C=O) groups excluding carboxylic acids is 1. The molecule has 0 heterocycles. The molecule has 1 unspecified atom stereocenters. The average Bonchev–Trinajstić information content (AvgIpc) is 2.51. The molecule has 2 rings (SSSR count). The first-order chi connectivity index (χ1) is 10.00. The highest BCUT2D eigenvalue weighted by molar-refractivity contribution is 5.88. The molecule has 4 nitrogen and oxygen atoms in total. The number of hydrogen-bond acceptors (Lipinski definition) is 3. The van der Waals surface area contributed by atoms with Gasteiger partial charge in [-0.1, -0.05) is 31.2 Å². The molecule has 0 aromatic heterocycles. The Balaban J connectivity index is 2.54. The second-order valence-corrected chi connectivity index (χ2v) is 5.52. The molecule has 0 fully saturated rings. The number of fused-ring (bicyclic) bond motifs is 1. The lowest BCUT2D eigenvalue weighted by molar-refractivity contribution is -0.119. The van der Waals surface area contributed by atoms with Crippen LogP contribution in [0.15, 0.2) is 36.4 Å². The predicted molar refractivity (Wildman–Crippen MR) is 83.6 cm³/mol. The summed E-state index contributed by atoms with van der Waals surface area (Å²) in [4.78, 5) is 11.2. The first-order valence-corrected chi connectivity index (χ1v) is 6.93. The molecule has 0 spiro atoms. The van der Waals surface area contributed by atoms with Gasteiger partial charge in [-0.05, 0) is 28.5 Å². The van der Waals surface area contributed by atoms with Crippen LogP contribution in [0.3, 0.4) is 0 Å². The van der Waals surface area contributed by atoms with E-state index in [0.717, 1.165) is 22.1 Å². The van der Waals surface area contributed by atoms with Gasteiger partial charge in [-0.15, -0.1) is 0 Å². The number of benzene rings is 2. The summed E-state index contributed by atoms with van der Waals surface area (Å²) >= 11 is 0. The van der Waals surface area contributed by atoms with Gasteiger partial charge in [-0.3, -0.25) is 4.79 Å². The Hall–Kier alpha value is -2.07. The number of methoxy groups -OCH3 is 1. The average molecular weight is 287 g/mol. The van der Waals surface area contributed by atoms with E-state index < -0.39 is 5.41 Å². The van der Waals surface area contributed by atoms with E-state index in [1.807, 2.05) is 43.3 Å². The van der Waals surface area contributed by atoms with Crippen LogP contribution in [-0.4, -0.2) is 31.3 Å². The summed E-state index contributed by atoms with van der Waals surface area (Å²) in [6.07, 6.45) is 0. The molecule has 0 aliphatic rings. The van der Waals surface area contributed by atoms with Gasteiger partial charge in [-0.25, -0.2) is 0 Å². The van der Waals surface area contributed by atoms with E-state index in [2.05, 4.69) is 5.32 Å². The summed E-state index contributed by atoms with van der Waals surface area (Å²) in [6.45, 7) is 3.75. The quantitative estimate of drug-likeness (QED) is 0.886. The van der Waals surface area contributed by atoms with Crippen LogP contribution in [0.2, 0.25) is 0 Å². The van der Waals surface area contributed by atoms with Gasteiger partial charge in [0.05, 0.1) is 13.7 Å². The summed E-state index contributed by atoms with van der Waals surface area (Å²) in [5, 5.41) is 14.8. The number of ether oxygens (including phenoxy) is 1. The molecule has 0 saturated carbocycles. The van der Waals surface area contributed by atoms with Crippen LogP contribution in [0.25, 0.3) is 10.8 Å². The minimum atomic E-state index is -0.544. The fourth-order valence-corrected chi connectivity index (χ4v) is 2.46. The SMILES string of the molecule is COc1ccc2cccc(C(C)(CO)CNC(C)=O)c2c1. The first-order valence-electron chi connectivity index (χ1n) is 6.93.